The van der Waals surface area contributed by atoms with Gasteiger partial charge in [0.2, 0.25) is 0 Å². The van der Waals surface area contributed by atoms with Crippen molar-refractivity contribution < 1.29 is 4.79 Å². The van der Waals surface area contributed by atoms with Gasteiger partial charge < -0.3 is 4.57 Å². The van der Waals surface area contributed by atoms with Crippen LogP contribution < -0.4 is 5.43 Å². The molecule has 0 saturated carbocycles. The van der Waals surface area contributed by atoms with E-state index in [9.17, 15) is 9.59 Å². The second kappa shape index (κ2) is 4.99. The van der Waals surface area contributed by atoms with E-state index in [0.29, 0.717) is 11.6 Å². The number of Topliss-reactive ketones (excluding diaryl/α,β-unsaturated/α-hetero) is 1. The van der Waals surface area contributed by atoms with Crippen LogP contribution in [0.5, 0.6) is 0 Å². The van der Waals surface area contributed by atoms with Gasteiger partial charge in [0.15, 0.2) is 5.43 Å². The number of nitrogens with zero attached hydrogens (tertiary/aromatic N) is 1. The first-order chi connectivity index (χ1) is 9.95. The number of carbonyl (C=O) groups excluding carboxylic acids is 1. The summed E-state index contributed by atoms with van der Waals surface area (Å²) < 4.78 is 2.14. The molecule has 2 aromatic rings. The Balaban J connectivity index is 2.22. The Hall–Kier alpha value is -2.16. The summed E-state index contributed by atoms with van der Waals surface area (Å²) in [5, 5.41) is 0. The second-order valence-electron chi connectivity index (χ2n) is 6.05. The van der Waals surface area contributed by atoms with Crippen molar-refractivity contribution in [3.63, 3.8) is 0 Å². The molecule has 1 unspecified atom stereocenters. The fourth-order valence-corrected chi connectivity index (χ4v) is 3.10. The minimum atomic E-state index is -0.0435. The number of hydrogen-bond donors (Lipinski definition) is 0. The molecule has 0 spiro atoms. The molecule has 1 atom stereocenters. The highest BCUT2D eigenvalue weighted by Gasteiger charge is 2.22. The zero-order chi connectivity index (χ0) is 15.1. The molecule has 3 heteroatoms. The Morgan fingerprint density at radius 3 is 2.81 bits per heavy atom. The van der Waals surface area contributed by atoms with Crippen molar-refractivity contribution in [2.75, 3.05) is 0 Å². The molecule has 0 aliphatic carbocycles. The monoisotopic (exact) mass is 281 g/mol. The quantitative estimate of drug-likeness (QED) is 0.848. The maximum Gasteiger partial charge on any atom is 0.185 e. The van der Waals surface area contributed by atoms with E-state index in [0.717, 1.165) is 17.7 Å². The molecule has 108 valence electrons. The minimum absolute atomic E-state index is 0.0207. The number of fused-ring (bicyclic) bond motifs is 3. The molecule has 21 heavy (non-hydrogen) atoms. The van der Waals surface area contributed by atoms with Crippen molar-refractivity contribution in [3.8, 4) is 11.3 Å². The van der Waals surface area contributed by atoms with Crippen LogP contribution in [-0.2, 0) is 17.6 Å². The Morgan fingerprint density at radius 1 is 1.33 bits per heavy atom. The van der Waals surface area contributed by atoms with Crippen molar-refractivity contribution in [2.45, 2.75) is 39.7 Å². The predicted octanol–water partition coefficient (Wildman–Crippen LogP) is 3.07. The molecule has 0 radical (unpaired) electrons. The molecule has 0 saturated heterocycles. The molecule has 1 aliphatic rings. The first-order valence-corrected chi connectivity index (χ1v) is 7.30. The zero-order valence-corrected chi connectivity index (χ0v) is 12.6. The van der Waals surface area contributed by atoms with Gasteiger partial charge in [-0.25, -0.2) is 0 Å². The molecular formula is C18H19NO2. The maximum atomic E-state index is 12.3. The third-order valence-electron chi connectivity index (χ3n) is 4.13. The molecule has 0 amide bonds. The number of ketones is 1. The van der Waals surface area contributed by atoms with Crippen LogP contribution in [0.15, 0.2) is 35.3 Å². The van der Waals surface area contributed by atoms with Crippen molar-refractivity contribution in [1.82, 2.24) is 4.57 Å². The zero-order valence-electron chi connectivity index (χ0n) is 12.6. The average Bonchev–Trinajstić information content (AvgIpc) is 2.41. The molecule has 1 aromatic carbocycles. The number of aromatic nitrogens is 1. The number of carbonyl (C=O) groups is 1. The van der Waals surface area contributed by atoms with Gasteiger partial charge in [0, 0.05) is 35.9 Å². The van der Waals surface area contributed by atoms with Crippen LogP contribution in [0.2, 0.25) is 0 Å². The standard InChI is InChI=1S/C18H19NO2/c1-11-4-5-14-7-12(2)19-10-15(8-13(3)20)18(21)9-17(19)16(14)6-11/h4-6,9-10,12H,7-8H2,1-3H3. The van der Waals surface area contributed by atoms with Crippen LogP contribution in [0.1, 0.15) is 36.6 Å². The van der Waals surface area contributed by atoms with Gasteiger partial charge in [0.05, 0.1) is 5.69 Å². The van der Waals surface area contributed by atoms with E-state index in [4.69, 9.17) is 0 Å². The molecule has 0 fully saturated rings. The van der Waals surface area contributed by atoms with Crippen molar-refractivity contribution in [2.24, 2.45) is 0 Å². The van der Waals surface area contributed by atoms with Crippen LogP contribution in [0.4, 0.5) is 0 Å². The Morgan fingerprint density at radius 2 is 2.10 bits per heavy atom. The minimum Gasteiger partial charge on any atom is -0.344 e. The van der Waals surface area contributed by atoms with E-state index < -0.39 is 0 Å². The van der Waals surface area contributed by atoms with E-state index in [2.05, 4.69) is 36.6 Å². The van der Waals surface area contributed by atoms with E-state index in [1.165, 1.54) is 18.1 Å². The van der Waals surface area contributed by atoms with Gasteiger partial charge >= 0.3 is 0 Å². The Kier molecular flexibility index (Phi) is 3.28. The van der Waals surface area contributed by atoms with E-state index in [1.807, 2.05) is 6.20 Å². The van der Waals surface area contributed by atoms with E-state index in [-0.39, 0.29) is 17.6 Å². The SMILES string of the molecule is CC(=O)Cc1cn2c(cc1=O)-c1cc(C)ccc1CC2C. The van der Waals surface area contributed by atoms with Crippen molar-refractivity contribution >= 4 is 5.78 Å². The van der Waals surface area contributed by atoms with Gasteiger partial charge in [-0.1, -0.05) is 17.7 Å². The lowest BCUT2D eigenvalue weighted by Crippen LogP contribution is -2.23. The number of aryl methyl sites for hydroxylation is 1. The van der Waals surface area contributed by atoms with Crippen LogP contribution >= 0.6 is 0 Å². The third-order valence-corrected chi connectivity index (χ3v) is 4.13. The summed E-state index contributed by atoms with van der Waals surface area (Å²) in [6.07, 6.45) is 3.03. The predicted molar refractivity (Wildman–Crippen MR) is 83.7 cm³/mol. The normalized spacial score (nSPS) is 16.2. The molecule has 1 aromatic heterocycles. The third kappa shape index (κ3) is 2.44. The molecule has 3 rings (SSSR count). The van der Waals surface area contributed by atoms with E-state index in [1.54, 1.807) is 6.07 Å². The molecule has 2 heterocycles. The molecule has 0 N–H and O–H groups in total. The fraction of sp³-hybridized carbons (Fsp3) is 0.333. The number of pyridine rings is 1. The van der Waals surface area contributed by atoms with Gasteiger partial charge in [-0.3, -0.25) is 9.59 Å². The van der Waals surface area contributed by atoms with Gasteiger partial charge in [-0.05, 0) is 38.8 Å². The first kappa shape index (κ1) is 13.8. The largest absolute Gasteiger partial charge is 0.344 e. The maximum absolute atomic E-state index is 12.3. The highest BCUT2D eigenvalue weighted by molar-refractivity contribution is 5.78. The smallest absolute Gasteiger partial charge is 0.185 e. The van der Waals surface area contributed by atoms with Gasteiger partial charge in [0.1, 0.15) is 5.78 Å². The summed E-state index contributed by atoms with van der Waals surface area (Å²) in [5.41, 5.74) is 5.12. The molecule has 3 nitrogen and oxygen atoms in total. The van der Waals surface area contributed by atoms with Crippen LogP contribution in [0, 0.1) is 6.92 Å². The van der Waals surface area contributed by atoms with Gasteiger partial charge in [0.25, 0.3) is 0 Å². The van der Waals surface area contributed by atoms with Crippen molar-refractivity contribution in [3.05, 3.63) is 57.4 Å². The summed E-state index contributed by atoms with van der Waals surface area (Å²) in [4.78, 5) is 23.6. The first-order valence-electron chi connectivity index (χ1n) is 7.30. The fourth-order valence-electron chi connectivity index (χ4n) is 3.10. The number of benzene rings is 1. The summed E-state index contributed by atoms with van der Waals surface area (Å²) in [5.74, 6) is 0.0207. The average molecular weight is 281 g/mol. The van der Waals surface area contributed by atoms with Crippen LogP contribution in [0.25, 0.3) is 11.3 Å². The molecule has 1 aliphatic heterocycles. The lowest BCUT2D eigenvalue weighted by atomic mass is 9.91. The molecule has 0 bridgehead atoms. The van der Waals surface area contributed by atoms with E-state index >= 15 is 0 Å². The Bertz CT molecular complexity index is 786. The Labute approximate surface area is 124 Å². The summed E-state index contributed by atoms with van der Waals surface area (Å²) in [7, 11) is 0. The van der Waals surface area contributed by atoms with Gasteiger partial charge in [-0.2, -0.15) is 0 Å². The topological polar surface area (TPSA) is 39.1 Å². The second-order valence-corrected chi connectivity index (χ2v) is 6.05. The summed E-state index contributed by atoms with van der Waals surface area (Å²) in [6, 6.07) is 8.38. The lowest BCUT2D eigenvalue weighted by Gasteiger charge is -2.29. The van der Waals surface area contributed by atoms with Crippen LogP contribution in [0.3, 0.4) is 0 Å². The highest BCUT2D eigenvalue weighted by atomic mass is 16.1. The number of rotatable bonds is 2. The van der Waals surface area contributed by atoms with Gasteiger partial charge in [-0.15, -0.1) is 0 Å². The lowest BCUT2D eigenvalue weighted by molar-refractivity contribution is -0.116. The molecular weight excluding hydrogens is 262 g/mol. The van der Waals surface area contributed by atoms with Crippen molar-refractivity contribution in [1.29, 1.82) is 0 Å². The highest BCUT2D eigenvalue weighted by Crippen LogP contribution is 2.34. The summed E-state index contributed by atoms with van der Waals surface area (Å²) in [6.45, 7) is 5.73. The van der Waals surface area contributed by atoms with Crippen LogP contribution in [-0.4, -0.2) is 10.4 Å². The number of hydrogen-bond acceptors (Lipinski definition) is 2. The summed E-state index contributed by atoms with van der Waals surface area (Å²) >= 11 is 0.